The van der Waals surface area contributed by atoms with Crippen LogP contribution in [0.15, 0.2) is 30.3 Å². The van der Waals surface area contributed by atoms with Crippen LogP contribution in [0.4, 0.5) is 15.8 Å². The molecule has 10 heteroatoms. The number of rotatable bonds is 7. The van der Waals surface area contributed by atoms with Crippen molar-refractivity contribution < 1.29 is 23.5 Å². The third-order valence-electron chi connectivity index (χ3n) is 4.49. The van der Waals surface area contributed by atoms with E-state index in [1.54, 1.807) is 12.1 Å². The van der Waals surface area contributed by atoms with Crippen molar-refractivity contribution in [3.8, 4) is 0 Å². The normalized spacial score (nSPS) is 15.0. The lowest BCUT2D eigenvalue weighted by atomic mass is 10.1. The Labute approximate surface area is 182 Å². The summed E-state index contributed by atoms with van der Waals surface area (Å²) >= 11 is 6.98. The molecule has 30 heavy (non-hydrogen) atoms. The molecular weight excluding hydrogens is 433 g/mol. The monoisotopic (exact) mass is 453 g/mol. The highest BCUT2D eigenvalue weighted by atomic mass is 35.5. The van der Waals surface area contributed by atoms with Gasteiger partial charge in [0.15, 0.2) is 0 Å². The quantitative estimate of drug-likeness (QED) is 0.672. The molecule has 2 N–H and O–H groups in total. The van der Waals surface area contributed by atoms with Gasteiger partial charge in [-0.25, -0.2) is 4.39 Å². The minimum atomic E-state index is -0.785. The lowest BCUT2D eigenvalue weighted by Crippen LogP contribution is -2.43. The Morgan fingerprint density at radius 1 is 1.33 bits per heavy atom. The Bertz CT molecular complexity index is 952. The van der Waals surface area contributed by atoms with E-state index >= 15 is 0 Å². The van der Waals surface area contributed by atoms with E-state index in [1.165, 1.54) is 17.0 Å². The van der Waals surface area contributed by atoms with Gasteiger partial charge in [-0.3, -0.25) is 14.4 Å². The van der Waals surface area contributed by atoms with Gasteiger partial charge in [0.25, 0.3) is 11.8 Å². The molecule has 0 saturated carbocycles. The fraction of sp³-hybridized carbons (Fsp3) is 0.350. The number of halogens is 2. The van der Waals surface area contributed by atoms with Crippen LogP contribution < -0.4 is 15.5 Å². The molecule has 1 unspecified atom stereocenters. The van der Waals surface area contributed by atoms with Gasteiger partial charge in [-0.1, -0.05) is 24.9 Å². The third-order valence-corrected chi connectivity index (χ3v) is 5.72. The van der Waals surface area contributed by atoms with Gasteiger partial charge >= 0.3 is 0 Å². The highest BCUT2D eigenvalue weighted by Gasteiger charge is 2.24. The second-order valence-electron chi connectivity index (χ2n) is 6.67. The number of carbonyl (C=O) groups excluding carboxylic acids is 3. The summed E-state index contributed by atoms with van der Waals surface area (Å²) in [4.78, 5) is 38.7. The van der Waals surface area contributed by atoms with Crippen molar-refractivity contribution >= 4 is 52.0 Å². The molecule has 1 aliphatic rings. The maximum Gasteiger partial charge on any atom is 0.262 e. The van der Waals surface area contributed by atoms with Crippen LogP contribution >= 0.6 is 22.9 Å². The Kier molecular flexibility index (Phi) is 7.41. The zero-order valence-corrected chi connectivity index (χ0v) is 17.8. The number of morpholine rings is 1. The summed E-state index contributed by atoms with van der Waals surface area (Å²) in [6.45, 7) is 2.39. The number of thiophene rings is 1. The van der Waals surface area contributed by atoms with E-state index in [-0.39, 0.29) is 30.4 Å². The van der Waals surface area contributed by atoms with Crippen molar-refractivity contribution in [2.24, 2.45) is 0 Å². The number of anilines is 2. The van der Waals surface area contributed by atoms with Crippen LogP contribution in [0.2, 0.25) is 4.34 Å². The molecule has 3 rings (SSSR count). The zero-order valence-electron chi connectivity index (χ0n) is 16.2. The highest BCUT2D eigenvalue weighted by Crippen LogP contribution is 2.25. The molecule has 7 nitrogen and oxygen atoms in total. The first-order valence-electron chi connectivity index (χ1n) is 9.43. The van der Waals surface area contributed by atoms with Gasteiger partial charge in [-0.15, -0.1) is 11.3 Å². The topological polar surface area (TPSA) is 87.7 Å². The third kappa shape index (κ3) is 5.35. The van der Waals surface area contributed by atoms with E-state index in [1.807, 2.05) is 6.92 Å². The molecule has 1 fully saturated rings. The van der Waals surface area contributed by atoms with Crippen LogP contribution in [-0.2, 0) is 14.3 Å². The summed E-state index contributed by atoms with van der Waals surface area (Å²) in [5, 5.41) is 5.32. The second-order valence-corrected chi connectivity index (χ2v) is 8.39. The Hall–Kier alpha value is -2.49. The molecule has 2 heterocycles. The number of ether oxygens (including phenoxy) is 1. The fourth-order valence-corrected chi connectivity index (χ4v) is 3.98. The summed E-state index contributed by atoms with van der Waals surface area (Å²) < 4.78 is 20.1. The maximum atomic E-state index is 14.6. The molecule has 3 amide bonds. The molecule has 1 aromatic heterocycles. The lowest BCUT2D eigenvalue weighted by Gasteiger charge is -2.27. The molecule has 1 saturated heterocycles. The van der Waals surface area contributed by atoms with Crippen molar-refractivity contribution in [1.82, 2.24) is 5.32 Å². The van der Waals surface area contributed by atoms with Crippen LogP contribution in [-0.4, -0.2) is 43.5 Å². The summed E-state index contributed by atoms with van der Waals surface area (Å²) in [5.41, 5.74) is 0.366. The van der Waals surface area contributed by atoms with Crippen LogP contribution in [0.5, 0.6) is 0 Å². The van der Waals surface area contributed by atoms with Gasteiger partial charge in [-0.2, -0.15) is 0 Å². The number of hydrogen-bond donors (Lipinski definition) is 2. The van der Waals surface area contributed by atoms with E-state index in [0.717, 1.165) is 17.4 Å². The Morgan fingerprint density at radius 3 is 2.77 bits per heavy atom. The largest absolute Gasteiger partial charge is 0.370 e. The molecule has 0 bridgehead atoms. The van der Waals surface area contributed by atoms with Crippen LogP contribution in [0.1, 0.15) is 29.4 Å². The second kappa shape index (κ2) is 10.0. The van der Waals surface area contributed by atoms with Crippen molar-refractivity contribution in [3.05, 3.63) is 45.4 Å². The first kappa shape index (κ1) is 22.2. The molecule has 0 spiro atoms. The zero-order chi connectivity index (χ0) is 21.7. The first-order chi connectivity index (χ1) is 14.4. The van der Waals surface area contributed by atoms with E-state index in [4.69, 9.17) is 16.3 Å². The van der Waals surface area contributed by atoms with Gasteiger partial charge in [0.05, 0.1) is 21.5 Å². The predicted octanol–water partition coefficient (Wildman–Crippen LogP) is 3.44. The number of benzene rings is 1. The van der Waals surface area contributed by atoms with Crippen LogP contribution in [0.3, 0.4) is 0 Å². The van der Waals surface area contributed by atoms with Crippen LogP contribution in [0.25, 0.3) is 0 Å². The average molecular weight is 454 g/mol. The molecule has 1 atom stereocenters. The maximum absolute atomic E-state index is 14.6. The van der Waals surface area contributed by atoms with Gasteiger partial charge in [0.2, 0.25) is 5.91 Å². The van der Waals surface area contributed by atoms with Gasteiger partial charge < -0.3 is 20.3 Å². The minimum absolute atomic E-state index is 0.0915. The smallest absolute Gasteiger partial charge is 0.262 e. The SMILES string of the molecule is CCCC(NC(=O)c1ccc(Cl)s1)C(=O)Nc1ccc(N2CCOCC2=O)c(F)c1. The van der Waals surface area contributed by atoms with Crippen molar-refractivity contribution in [2.45, 2.75) is 25.8 Å². The summed E-state index contributed by atoms with van der Waals surface area (Å²) in [5.74, 6) is -1.81. The molecule has 0 radical (unpaired) electrons. The van der Waals surface area contributed by atoms with E-state index in [0.29, 0.717) is 28.7 Å². The fourth-order valence-electron chi connectivity index (χ4n) is 3.03. The molecule has 2 aromatic rings. The van der Waals surface area contributed by atoms with Crippen molar-refractivity contribution in [1.29, 1.82) is 0 Å². The number of carbonyl (C=O) groups is 3. The van der Waals surface area contributed by atoms with Crippen molar-refractivity contribution in [2.75, 3.05) is 30.0 Å². The minimum Gasteiger partial charge on any atom is -0.370 e. The lowest BCUT2D eigenvalue weighted by molar-refractivity contribution is -0.125. The molecule has 1 aliphatic heterocycles. The standard InChI is InChI=1S/C20H21ClFN3O4S/c1-2-3-14(24-20(28)16-6-7-17(21)30-16)19(27)23-12-4-5-15(13(22)10-12)25-8-9-29-11-18(25)26/h4-7,10,14H,2-3,8-9,11H2,1H3,(H,23,27)(H,24,28). The average Bonchev–Trinajstić information content (AvgIpc) is 3.15. The molecule has 1 aromatic carbocycles. The predicted molar refractivity (Wildman–Crippen MR) is 114 cm³/mol. The molecular formula is C20H21ClFN3O4S. The van der Waals surface area contributed by atoms with Crippen molar-refractivity contribution in [3.63, 3.8) is 0 Å². The summed E-state index contributed by atoms with van der Waals surface area (Å²) in [7, 11) is 0. The molecule has 160 valence electrons. The van der Waals surface area contributed by atoms with Crippen LogP contribution in [0, 0.1) is 5.82 Å². The summed E-state index contributed by atoms with van der Waals surface area (Å²) in [6.07, 6.45) is 1.08. The number of nitrogens with zero attached hydrogens (tertiary/aromatic N) is 1. The molecule has 0 aliphatic carbocycles. The van der Waals surface area contributed by atoms with Gasteiger partial charge in [0, 0.05) is 12.2 Å². The van der Waals surface area contributed by atoms with E-state index in [2.05, 4.69) is 10.6 Å². The highest BCUT2D eigenvalue weighted by molar-refractivity contribution is 7.18. The van der Waals surface area contributed by atoms with E-state index in [9.17, 15) is 18.8 Å². The summed E-state index contributed by atoms with van der Waals surface area (Å²) in [6, 6.07) is 6.52. The van der Waals surface area contributed by atoms with E-state index < -0.39 is 23.7 Å². The number of nitrogens with one attached hydrogen (secondary N) is 2. The first-order valence-corrected chi connectivity index (χ1v) is 10.6. The van der Waals surface area contributed by atoms with Gasteiger partial charge in [-0.05, 0) is 36.8 Å². The Balaban J connectivity index is 1.68. The van der Waals surface area contributed by atoms with Gasteiger partial charge in [0.1, 0.15) is 18.5 Å². The Morgan fingerprint density at radius 2 is 2.13 bits per heavy atom. The number of amides is 3. The number of hydrogen-bond acceptors (Lipinski definition) is 5.